The number of rotatable bonds is 4. The van der Waals surface area contributed by atoms with E-state index < -0.39 is 0 Å². The van der Waals surface area contributed by atoms with Gasteiger partial charge in [0.25, 0.3) is 0 Å². The van der Waals surface area contributed by atoms with Crippen molar-refractivity contribution in [2.45, 2.75) is 25.8 Å². The maximum Gasteiger partial charge on any atom is 0.0471 e. The predicted octanol–water partition coefficient (Wildman–Crippen LogP) is 3.15. The summed E-state index contributed by atoms with van der Waals surface area (Å²) in [5, 5.41) is 0.778. The van der Waals surface area contributed by atoms with Crippen LogP contribution >= 0.6 is 11.6 Å². The lowest BCUT2D eigenvalue weighted by molar-refractivity contribution is 0.200. The fourth-order valence-electron chi connectivity index (χ4n) is 2.16. The lowest BCUT2D eigenvalue weighted by Crippen LogP contribution is -2.29. The zero-order valence-corrected chi connectivity index (χ0v) is 10.5. The third kappa shape index (κ3) is 2.89. The van der Waals surface area contributed by atoms with E-state index in [0.29, 0.717) is 0 Å². The number of halogens is 1. The standard InChI is InChI=1S/C13H19ClN2/c1-16(8-10-3-2-4-10)9-11-5-6-12(15)7-13(11)14/h5-7,10H,2-4,8-9,15H2,1H3. The highest BCUT2D eigenvalue weighted by Crippen LogP contribution is 2.27. The molecule has 1 aromatic carbocycles. The monoisotopic (exact) mass is 238 g/mol. The molecule has 0 spiro atoms. The van der Waals surface area contributed by atoms with Gasteiger partial charge in [-0.2, -0.15) is 0 Å². The van der Waals surface area contributed by atoms with Crippen LogP contribution in [0, 0.1) is 5.92 Å². The van der Waals surface area contributed by atoms with Gasteiger partial charge in [0.15, 0.2) is 0 Å². The van der Waals surface area contributed by atoms with E-state index in [1.54, 1.807) is 0 Å². The number of nitrogens with two attached hydrogens (primary N) is 1. The van der Waals surface area contributed by atoms with Crippen LogP contribution in [0.5, 0.6) is 0 Å². The lowest BCUT2D eigenvalue weighted by Gasteiger charge is -2.30. The zero-order chi connectivity index (χ0) is 11.5. The van der Waals surface area contributed by atoms with E-state index in [1.807, 2.05) is 18.2 Å². The van der Waals surface area contributed by atoms with E-state index >= 15 is 0 Å². The van der Waals surface area contributed by atoms with Crippen molar-refractivity contribution in [1.29, 1.82) is 0 Å². The molecule has 1 fully saturated rings. The van der Waals surface area contributed by atoms with Crippen LogP contribution in [0.3, 0.4) is 0 Å². The molecular weight excluding hydrogens is 220 g/mol. The first kappa shape index (κ1) is 11.7. The molecule has 16 heavy (non-hydrogen) atoms. The van der Waals surface area contributed by atoms with Gasteiger partial charge in [0.1, 0.15) is 0 Å². The van der Waals surface area contributed by atoms with Gasteiger partial charge in [-0.25, -0.2) is 0 Å². The van der Waals surface area contributed by atoms with Crippen LogP contribution in [-0.4, -0.2) is 18.5 Å². The number of nitrogen functional groups attached to an aromatic ring is 1. The smallest absolute Gasteiger partial charge is 0.0471 e. The van der Waals surface area contributed by atoms with E-state index in [4.69, 9.17) is 17.3 Å². The van der Waals surface area contributed by atoms with Crippen LogP contribution in [-0.2, 0) is 6.54 Å². The molecule has 1 aliphatic carbocycles. The molecule has 3 heteroatoms. The van der Waals surface area contributed by atoms with E-state index in [0.717, 1.165) is 28.7 Å². The second-order valence-electron chi connectivity index (χ2n) is 4.84. The van der Waals surface area contributed by atoms with Gasteiger partial charge < -0.3 is 10.6 Å². The summed E-state index contributed by atoms with van der Waals surface area (Å²) in [6.45, 7) is 2.09. The second kappa shape index (κ2) is 5.07. The Hall–Kier alpha value is -0.730. The van der Waals surface area contributed by atoms with Gasteiger partial charge in [-0.15, -0.1) is 0 Å². The Balaban J connectivity index is 1.91. The third-order valence-corrected chi connectivity index (χ3v) is 3.66. The minimum atomic E-state index is 0.732. The first-order valence-electron chi connectivity index (χ1n) is 5.87. The average molecular weight is 239 g/mol. The Morgan fingerprint density at radius 3 is 2.75 bits per heavy atom. The number of hydrogen-bond donors (Lipinski definition) is 1. The molecule has 0 saturated heterocycles. The van der Waals surface area contributed by atoms with E-state index in [9.17, 15) is 0 Å². The molecule has 1 aliphatic rings. The van der Waals surface area contributed by atoms with Crippen molar-refractivity contribution in [2.24, 2.45) is 5.92 Å². The summed E-state index contributed by atoms with van der Waals surface area (Å²) >= 11 is 6.15. The maximum atomic E-state index is 6.15. The van der Waals surface area contributed by atoms with Crippen molar-refractivity contribution >= 4 is 17.3 Å². The molecule has 0 aliphatic heterocycles. The molecule has 2 nitrogen and oxygen atoms in total. The molecule has 0 amide bonds. The highest BCUT2D eigenvalue weighted by molar-refractivity contribution is 6.31. The highest BCUT2D eigenvalue weighted by atomic mass is 35.5. The van der Waals surface area contributed by atoms with Crippen LogP contribution in [0.1, 0.15) is 24.8 Å². The quantitative estimate of drug-likeness (QED) is 0.817. The number of benzene rings is 1. The second-order valence-corrected chi connectivity index (χ2v) is 5.25. The molecule has 0 heterocycles. The van der Waals surface area contributed by atoms with E-state index in [-0.39, 0.29) is 0 Å². The fraction of sp³-hybridized carbons (Fsp3) is 0.538. The van der Waals surface area contributed by atoms with Crippen LogP contribution in [0.4, 0.5) is 5.69 Å². The van der Waals surface area contributed by atoms with Crippen molar-refractivity contribution in [3.63, 3.8) is 0 Å². The molecule has 0 atom stereocenters. The molecule has 0 radical (unpaired) electrons. The van der Waals surface area contributed by atoms with Crippen molar-refractivity contribution in [1.82, 2.24) is 4.90 Å². The summed E-state index contributed by atoms with van der Waals surface area (Å²) in [5.41, 5.74) is 7.57. The summed E-state index contributed by atoms with van der Waals surface area (Å²) in [5.74, 6) is 0.901. The molecule has 2 rings (SSSR count). The first-order chi connectivity index (χ1) is 7.65. The minimum absolute atomic E-state index is 0.732. The van der Waals surface area contributed by atoms with Gasteiger partial charge in [-0.3, -0.25) is 0 Å². The van der Waals surface area contributed by atoms with Crippen molar-refractivity contribution in [3.8, 4) is 0 Å². The molecular formula is C13H19ClN2. The van der Waals surface area contributed by atoms with Crippen molar-refractivity contribution in [2.75, 3.05) is 19.3 Å². The van der Waals surface area contributed by atoms with Crippen molar-refractivity contribution in [3.05, 3.63) is 28.8 Å². The number of nitrogens with zero attached hydrogens (tertiary/aromatic N) is 1. The van der Waals surface area contributed by atoms with Gasteiger partial charge in [0.05, 0.1) is 0 Å². The van der Waals surface area contributed by atoms with Gasteiger partial charge in [-0.05, 0) is 43.5 Å². The Morgan fingerprint density at radius 1 is 1.44 bits per heavy atom. The van der Waals surface area contributed by atoms with E-state index in [1.165, 1.54) is 25.8 Å². The van der Waals surface area contributed by atoms with Gasteiger partial charge in [0, 0.05) is 23.8 Å². The molecule has 1 saturated carbocycles. The summed E-state index contributed by atoms with van der Waals surface area (Å²) in [6, 6.07) is 5.77. The minimum Gasteiger partial charge on any atom is -0.399 e. The SMILES string of the molecule is CN(Cc1ccc(N)cc1Cl)CC1CCC1. The largest absolute Gasteiger partial charge is 0.399 e. The van der Waals surface area contributed by atoms with E-state index in [2.05, 4.69) is 11.9 Å². The van der Waals surface area contributed by atoms with Crippen LogP contribution < -0.4 is 5.73 Å². The van der Waals surface area contributed by atoms with Gasteiger partial charge >= 0.3 is 0 Å². The average Bonchev–Trinajstić information content (AvgIpc) is 2.16. The molecule has 0 unspecified atom stereocenters. The predicted molar refractivity (Wildman–Crippen MR) is 69.5 cm³/mol. The normalized spacial score (nSPS) is 16.4. The number of anilines is 1. The molecule has 1 aromatic rings. The molecule has 2 N–H and O–H groups in total. The van der Waals surface area contributed by atoms with Crippen LogP contribution in [0.2, 0.25) is 5.02 Å². The summed E-state index contributed by atoms with van der Waals surface area (Å²) < 4.78 is 0. The molecule has 0 bridgehead atoms. The Morgan fingerprint density at radius 2 is 2.19 bits per heavy atom. The maximum absolute atomic E-state index is 6.15. The Labute approximate surface area is 102 Å². The fourth-order valence-corrected chi connectivity index (χ4v) is 2.41. The zero-order valence-electron chi connectivity index (χ0n) is 9.75. The third-order valence-electron chi connectivity index (χ3n) is 3.31. The van der Waals surface area contributed by atoms with Gasteiger partial charge in [-0.1, -0.05) is 24.1 Å². The summed E-state index contributed by atoms with van der Waals surface area (Å²) in [6.07, 6.45) is 4.18. The van der Waals surface area contributed by atoms with Crippen LogP contribution in [0.15, 0.2) is 18.2 Å². The topological polar surface area (TPSA) is 29.3 Å². The first-order valence-corrected chi connectivity index (χ1v) is 6.25. The van der Waals surface area contributed by atoms with Gasteiger partial charge in [0.2, 0.25) is 0 Å². The lowest BCUT2D eigenvalue weighted by atomic mass is 9.85. The number of hydrogen-bond acceptors (Lipinski definition) is 2. The summed E-state index contributed by atoms with van der Waals surface area (Å²) in [7, 11) is 2.16. The van der Waals surface area contributed by atoms with Crippen molar-refractivity contribution < 1.29 is 0 Å². The Bertz CT molecular complexity index is 361. The molecule has 0 aromatic heterocycles. The Kier molecular flexibility index (Phi) is 3.72. The summed E-state index contributed by atoms with van der Waals surface area (Å²) in [4.78, 5) is 2.35. The van der Waals surface area contributed by atoms with Crippen LogP contribution in [0.25, 0.3) is 0 Å². The highest BCUT2D eigenvalue weighted by Gasteiger charge is 2.19. The molecule has 88 valence electrons.